The van der Waals surface area contributed by atoms with Crippen LogP contribution in [0.3, 0.4) is 0 Å². The molecule has 138 valence electrons. The quantitative estimate of drug-likeness (QED) is 0.454. The molecule has 0 aliphatic carbocycles. The highest BCUT2D eigenvalue weighted by atomic mass is 19.3. The minimum atomic E-state index is -2.50. The van der Waals surface area contributed by atoms with Crippen LogP contribution in [-0.4, -0.2) is 13.2 Å². The Labute approximate surface area is 145 Å². The summed E-state index contributed by atoms with van der Waals surface area (Å²) in [6.45, 7) is 5.40. The molecule has 0 aliphatic rings. The standard InChI is InChI=1S/C20H33F2NO/c1-3-4-5-6-7-8-13-24-19-12-11-17(10-9-16(2)15-23)14-18(19)20(21)22/h11-12,14,16,20H,3-10,13,15,23H2,1-2H3. The number of aryl methyl sites for hydroxylation is 1. The third kappa shape index (κ3) is 8.09. The lowest BCUT2D eigenvalue weighted by Gasteiger charge is -2.14. The largest absolute Gasteiger partial charge is 0.493 e. The molecule has 0 aromatic heterocycles. The monoisotopic (exact) mass is 341 g/mol. The summed E-state index contributed by atoms with van der Waals surface area (Å²) in [5.41, 5.74) is 6.55. The molecule has 0 aliphatic heterocycles. The summed E-state index contributed by atoms with van der Waals surface area (Å²) in [5, 5.41) is 0. The van der Waals surface area contributed by atoms with E-state index in [9.17, 15) is 8.78 Å². The number of unbranched alkanes of at least 4 members (excludes halogenated alkanes) is 5. The van der Waals surface area contributed by atoms with Crippen molar-refractivity contribution in [1.29, 1.82) is 0 Å². The van der Waals surface area contributed by atoms with E-state index in [0.29, 0.717) is 24.8 Å². The van der Waals surface area contributed by atoms with Gasteiger partial charge in [-0.15, -0.1) is 0 Å². The van der Waals surface area contributed by atoms with Crippen molar-refractivity contribution < 1.29 is 13.5 Å². The molecule has 24 heavy (non-hydrogen) atoms. The number of benzene rings is 1. The van der Waals surface area contributed by atoms with Gasteiger partial charge in [0.15, 0.2) is 0 Å². The van der Waals surface area contributed by atoms with Crippen molar-refractivity contribution in [2.75, 3.05) is 13.2 Å². The van der Waals surface area contributed by atoms with Gasteiger partial charge in [0.25, 0.3) is 6.43 Å². The second-order valence-corrected chi connectivity index (χ2v) is 6.67. The Morgan fingerprint density at radius 2 is 1.79 bits per heavy atom. The second kappa shape index (κ2) is 12.2. The van der Waals surface area contributed by atoms with E-state index in [2.05, 4.69) is 13.8 Å². The van der Waals surface area contributed by atoms with Crippen molar-refractivity contribution in [1.82, 2.24) is 0 Å². The Morgan fingerprint density at radius 1 is 1.08 bits per heavy atom. The van der Waals surface area contributed by atoms with Crippen molar-refractivity contribution in [3.8, 4) is 5.75 Å². The van der Waals surface area contributed by atoms with Gasteiger partial charge >= 0.3 is 0 Å². The first-order chi connectivity index (χ1) is 11.6. The van der Waals surface area contributed by atoms with Gasteiger partial charge in [-0.2, -0.15) is 0 Å². The van der Waals surface area contributed by atoms with Crippen LogP contribution in [0.2, 0.25) is 0 Å². The molecule has 1 atom stereocenters. The molecule has 1 aromatic rings. The summed E-state index contributed by atoms with van der Waals surface area (Å²) < 4.78 is 32.2. The molecule has 2 N–H and O–H groups in total. The molecule has 0 spiro atoms. The third-order valence-corrected chi connectivity index (χ3v) is 4.39. The number of rotatable bonds is 13. The van der Waals surface area contributed by atoms with E-state index in [1.165, 1.54) is 25.7 Å². The molecule has 1 aromatic carbocycles. The second-order valence-electron chi connectivity index (χ2n) is 6.67. The Kier molecular flexibility index (Phi) is 10.6. The van der Waals surface area contributed by atoms with Crippen molar-refractivity contribution in [3.05, 3.63) is 29.3 Å². The number of nitrogens with two attached hydrogens (primary N) is 1. The number of hydrogen-bond acceptors (Lipinski definition) is 2. The molecular weight excluding hydrogens is 308 g/mol. The zero-order valence-corrected chi connectivity index (χ0v) is 15.2. The van der Waals surface area contributed by atoms with E-state index in [1.807, 2.05) is 6.07 Å². The van der Waals surface area contributed by atoms with Gasteiger partial charge in [0.05, 0.1) is 12.2 Å². The van der Waals surface area contributed by atoms with Gasteiger partial charge in [-0.3, -0.25) is 0 Å². The molecule has 0 heterocycles. The lowest BCUT2D eigenvalue weighted by atomic mass is 9.99. The molecule has 0 bridgehead atoms. The van der Waals surface area contributed by atoms with E-state index in [0.717, 1.165) is 31.2 Å². The molecule has 1 rings (SSSR count). The fraction of sp³-hybridized carbons (Fsp3) is 0.700. The summed E-state index contributed by atoms with van der Waals surface area (Å²) in [7, 11) is 0. The summed E-state index contributed by atoms with van der Waals surface area (Å²) in [5.74, 6) is 0.734. The van der Waals surface area contributed by atoms with Crippen molar-refractivity contribution in [3.63, 3.8) is 0 Å². The van der Waals surface area contributed by atoms with Crippen LogP contribution in [0, 0.1) is 5.92 Å². The van der Waals surface area contributed by atoms with E-state index in [-0.39, 0.29) is 5.56 Å². The summed E-state index contributed by atoms with van der Waals surface area (Å²) >= 11 is 0. The Morgan fingerprint density at radius 3 is 2.46 bits per heavy atom. The fourth-order valence-corrected chi connectivity index (χ4v) is 2.65. The predicted octanol–water partition coefficient (Wildman–Crippen LogP) is 5.89. The van der Waals surface area contributed by atoms with Crippen molar-refractivity contribution in [2.45, 2.75) is 71.6 Å². The SMILES string of the molecule is CCCCCCCCOc1ccc(CCC(C)CN)cc1C(F)F. The molecule has 1 unspecified atom stereocenters. The Hall–Kier alpha value is -1.16. The smallest absolute Gasteiger partial charge is 0.267 e. The fourth-order valence-electron chi connectivity index (χ4n) is 2.65. The maximum Gasteiger partial charge on any atom is 0.267 e. The molecule has 0 radical (unpaired) electrons. The van der Waals surface area contributed by atoms with Gasteiger partial charge < -0.3 is 10.5 Å². The van der Waals surface area contributed by atoms with Gasteiger partial charge in [0.2, 0.25) is 0 Å². The highest BCUT2D eigenvalue weighted by molar-refractivity contribution is 5.38. The molecule has 0 saturated heterocycles. The third-order valence-electron chi connectivity index (χ3n) is 4.39. The maximum absolute atomic E-state index is 13.3. The van der Waals surface area contributed by atoms with Crippen LogP contribution in [0.1, 0.15) is 76.3 Å². The first-order valence-corrected chi connectivity index (χ1v) is 9.32. The lowest BCUT2D eigenvalue weighted by molar-refractivity contribution is 0.144. The van der Waals surface area contributed by atoms with Crippen LogP contribution in [0.5, 0.6) is 5.75 Å². The topological polar surface area (TPSA) is 35.2 Å². The minimum Gasteiger partial charge on any atom is -0.493 e. The molecule has 0 amide bonds. The van der Waals surface area contributed by atoms with Crippen LogP contribution < -0.4 is 10.5 Å². The highest BCUT2D eigenvalue weighted by Crippen LogP contribution is 2.30. The Balaban J connectivity index is 2.48. The van der Waals surface area contributed by atoms with Crippen molar-refractivity contribution >= 4 is 0 Å². The number of ether oxygens (including phenoxy) is 1. The molecule has 2 nitrogen and oxygen atoms in total. The van der Waals surface area contributed by atoms with Gasteiger partial charge in [-0.05, 0) is 49.4 Å². The van der Waals surface area contributed by atoms with Gasteiger partial charge in [0.1, 0.15) is 5.75 Å². The summed E-state index contributed by atoms with van der Waals surface area (Å²) in [6.07, 6.45) is 6.13. The van der Waals surface area contributed by atoms with E-state index < -0.39 is 6.43 Å². The molecule has 0 saturated carbocycles. The zero-order valence-electron chi connectivity index (χ0n) is 15.2. The van der Waals surface area contributed by atoms with E-state index >= 15 is 0 Å². The van der Waals surface area contributed by atoms with Crippen LogP contribution in [0.4, 0.5) is 8.78 Å². The average Bonchev–Trinajstić information content (AvgIpc) is 2.59. The van der Waals surface area contributed by atoms with E-state index in [4.69, 9.17) is 10.5 Å². The lowest BCUT2D eigenvalue weighted by Crippen LogP contribution is -2.11. The molecule has 4 heteroatoms. The highest BCUT2D eigenvalue weighted by Gasteiger charge is 2.15. The number of alkyl halides is 2. The predicted molar refractivity (Wildman–Crippen MR) is 96.8 cm³/mol. The maximum atomic E-state index is 13.3. The summed E-state index contributed by atoms with van der Waals surface area (Å²) in [4.78, 5) is 0. The Bertz CT molecular complexity index is 451. The molecular formula is C20H33F2NO. The minimum absolute atomic E-state index is 0.0129. The number of hydrogen-bond donors (Lipinski definition) is 1. The first-order valence-electron chi connectivity index (χ1n) is 9.32. The van der Waals surface area contributed by atoms with Crippen LogP contribution >= 0.6 is 0 Å². The van der Waals surface area contributed by atoms with Gasteiger partial charge in [-0.1, -0.05) is 52.0 Å². The van der Waals surface area contributed by atoms with Gasteiger partial charge in [0, 0.05) is 0 Å². The van der Waals surface area contributed by atoms with Crippen LogP contribution in [-0.2, 0) is 6.42 Å². The van der Waals surface area contributed by atoms with Gasteiger partial charge in [-0.25, -0.2) is 8.78 Å². The van der Waals surface area contributed by atoms with Crippen LogP contribution in [0.25, 0.3) is 0 Å². The average molecular weight is 341 g/mol. The zero-order chi connectivity index (χ0) is 17.8. The first kappa shape index (κ1) is 20.9. The number of halogens is 2. The molecule has 0 fully saturated rings. The van der Waals surface area contributed by atoms with Crippen LogP contribution in [0.15, 0.2) is 18.2 Å². The normalized spacial score (nSPS) is 12.6. The van der Waals surface area contributed by atoms with E-state index in [1.54, 1.807) is 12.1 Å². The van der Waals surface area contributed by atoms with Crippen molar-refractivity contribution in [2.24, 2.45) is 11.7 Å². The summed E-state index contributed by atoms with van der Waals surface area (Å²) in [6, 6.07) is 5.18.